The second kappa shape index (κ2) is 12.1. The lowest BCUT2D eigenvalue weighted by Gasteiger charge is -2.15. The number of carbonyl (C=O) groups is 3. The van der Waals surface area contributed by atoms with Gasteiger partial charge in [0.15, 0.2) is 6.61 Å². The van der Waals surface area contributed by atoms with E-state index >= 15 is 0 Å². The van der Waals surface area contributed by atoms with Gasteiger partial charge < -0.3 is 14.8 Å². The summed E-state index contributed by atoms with van der Waals surface area (Å²) >= 11 is 7.42. The van der Waals surface area contributed by atoms with Crippen LogP contribution in [0.15, 0.2) is 58.8 Å². The molecular weight excluding hydrogens is 552 g/mol. The van der Waals surface area contributed by atoms with Gasteiger partial charge in [0, 0.05) is 34.6 Å². The number of hydrogen-bond donors (Lipinski definition) is 1. The Morgan fingerprint density at radius 2 is 1.66 bits per heavy atom. The highest BCUT2D eigenvalue weighted by molar-refractivity contribution is 7.89. The lowest BCUT2D eigenvalue weighted by atomic mass is 10.0. The van der Waals surface area contributed by atoms with Gasteiger partial charge >= 0.3 is 11.9 Å². The summed E-state index contributed by atoms with van der Waals surface area (Å²) in [6, 6.07) is 12.4. The molecule has 1 fully saturated rings. The van der Waals surface area contributed by atoms with Gasteiger partial charge in [-0.15, -0.1) is 11.3 Å². The largest absolute Gasteiger partial charge is 0.462 e. The van der Waals surface area contributed by atoms with Crippen molar-refractivity contribution in [3.05, 3.63) is 70.1 Å². The number of nitrogens with one attached hydrogen (secondary N) is 1. The zero-order chi connectivity index (χ0) is 27.3. The molecule has 1 aliphatic rings. The molecule has 1 saturated heterocycles. The fourth-order valence-corrected chi connectivity index (χ4v) is 6.67. The molecule has 1 aromatic heterocycles. The van der Waals surface area contributed by atoms with Gasteiger partial charge in [0.05, 0.1) is 17.1 Å². The van der Waals surface area contributed by atoms with Crippen molar-refractivity contribution in [1.29, 1.82) is 0 Å². The Kier molecular flexibility index (Phi) is 8.83. The standard InChI is InChI=1S/C26H25ClN2O7S2/c1-2-35-26(32)23-20(19-7-3-4-8-21(19)27)16-37-24(23)28-22(30)15-36-25(31)17-9-11-18(12-10-17)38(33,34)29-13-5-6-14-29/h3-4,7-12,16H,2,5-6,13-15H2,1H3,(H,28,30). The molecule has 0 atom stereocenters. The fourth-order valence-electron chi connectivity index (χ4n) is 3.95. The number of carbonyl (C=O) groups excluding carboxylic acids is 3. The molecular formula is C26H25ClN2O7S2. The first kappa shape index (κ1) is 27.8. The van der Waals surface area contributed by atoms with Gasteiger partial charge in [-0.1, -0.05) is 29.8 Å². The van der Waals surface area contributed by atoms with E-state index in [4.69, 9.17) is 21.1 Å². The Morgan fingerprint density at radius 1 is 0.974 bits per heavy atom. The molecule has 0 aliphatic carbocycles. The smallest absolute Gasteiger partial charge is 0.341 e. The van der Waals surface area contributed by atoms with E-state index in [9.17, 15) is 22.8 Å². The third-order valence-electron chi connectivity index (χ3n) is 5.81. The topological polar surface area (TPSA) is 119 Å². The van der Waals surface area contributed by atoms with Gasteiger partial charge in [-0.2, -0.15) is 4.31 Å². The lowest BCUT2D eigenvalue weighted by Crippen LogP contribution is -2.27. The maximum absolute atomic E-state index is 12.7. The highest BCUT2D eigenvalue weighted by Crippen LogP contribution is 2.39. The summed E-state index contributed by atoms with van der Waals surface area (Å²) in [5.41, 5.74) is 1.37. The molecule has 9 nitrogen and oxygen atoms in total. The van der Waals surface area contributed by atoms with E-state index in [-0.39, 0.29) is 27.6 Å². The molecule has 0 radical (unpaired) electrons. The molecule has 2 heterocycles. The van der Waals surface area contributed by atoms with Crippen molar-refractivity contribution in [2.45, 2.75) is 24.7 Å². The van der Waals surface area contributed by atoms with E-state index in [2.05, 4.69) is 5.32 Å². The van der Waals surface area contributed by atoms with Crippen LogP contribution in [-0.4, -0.2) is 56.9 Å². The number of sulfonamides is 1. The number of benzene rings is 2. The predicted molar refractivity (Wildman–Crippen MR) is 144 cm³/mol. The summed E-state index contributed by atoms with van der Waals surface area (Å²) in [5, 5.41) is 4.95. The molecule has 0 saturated carbocycles. The zero-order valence-electron chi connectivity index (χ0n) is 20.4. The van der Waals surface area contributed by atoms with Crippen molar-refractivity contribution in [3.8, 4) is 11.1 Å². The average molecular weight is 577 g/mol. The molecule has 0 spiro atoms. The van der Waals surface area contributed by atoms with Crippen LogP contribution in [-0.2, 0) is 24.3 Å². The fraction of sp³-hybridized carbons (Fsp3) is 0.269. The van der Waals surface area contributed by atoms with Gasteiger partial charge in [0.25, 0.3) is 5.91 Å². The summed E-state index contributed by atoms with van der Waals surface area (Å²) < 4.78 is 37.0. The van der Waals surface area contributed by atoms with E-state index in [1.54, 1.807) is 36.6 Å². The molecule has 1 N–H and O–H groups in total. The summed E-state index contributed by atoms with van der Waals surface area (Å²) in [7, 11) is -3.61. The summed E-state index contributed by atoms with van der Waals surface area (Å²) in [5.74, 6) is -2.08. The van der Waals surface area contributed by atoms with Crippen LogP contribution in [0.25, 0.3) is 11.1 Å². The quantitative estimate of drug-likeness (QED) is 0.362. The van der Waals surface area contributed by atoms with Gasteiger partial charge in [-0.25, -0.2) is 18.0 Å². The van der Waals surface area contributed by atoms with E-state index in [0.29, 0.717) is 29.2 Å². The number of ether oxygens (including phenoxy) is 2. The van der Waals surface area contributed by atoms with Crippen LogP contribution >= 0.6 is 22.9 Å². The number of hydrogen-bond acceptors (Lipinski definition) is 8. The third-order valence-corrected chi connectivity index (χ3v) is 8.95. The van der Waals surface area contributed by atoms with Crippen molar-refractivity contribution in [2.75, 3.05) is 31.6 Å². The molecule has 200 valence electrons. The first-order chi connectivity index (χ1) is 18.2. The van der Waals surface area contributed by atoms with Crippen molar-refractivity contribution in [3.63, 3.8) is 0 Å². The minimum Gasteiger partial charge on any atom is -0.462 e. The van der Waals surface area contributed by atoms with E-state index in [1.807, 2.05) is 0 Å². The maximum Gasteiger partial charge on any atom is 0.341 e. The van der Waals surface area contributed by atoms with Crippen LogP contribution in [0.3, 0.4) is 0 Å². The number of anilines is 1. The SMILES string of the molecule is CCOC(=O)c1c(-c2ccccc2Cl)csc1NC(=O)COC(=O)c1ccc(S(=O)(=O)N2CCCC2)cc1. The van der Waals surface area contributed by atoms with Crippen molar-refractivity contribution in [2.24, 2.45) is 0 Å². The molecule has 0 unspecified atom stereocenters. The van der Waals surface area contributed by atoms with Crippen LogP contribution in [0.2, 0.25) is 5.02 Å². The normalized spacial score (nSPS) is 13.7. The van der Waals surface area contributed by atoms with Crippen LogP contribution < -0.4 is 5.32 Å². The lowest BCUT2D eigenvalue weighted by molar-refractivity contribution is -0.119. The molecule has 1 amide bonds. The molecule has 2 aromatic carbocycles. The minimum atomic E-state index is -3.61. The number of halogens is 1. The van der Waals surface area contributed by atoms with Gasteiger partial charge in [0.1, 0.15) is 10.6 Å². The highest BCUT2D eigenvalue weighted by atomic mass is 35.5. The van der Waals surface area contributed by atoms with E-state index in [1.165, 1.54) is 28.6 Å². The Labute approximate surface area is 229 Å². The van der Waals surface area contributed by atoms with Gasteiger partial charge in [0.2, 0.25) is 10.0 Å². The summed E-state index contributed by atoms with van der Waals surface area (Å²) in [4.78, 5) is 37.8. The molecule has 0 bridgehead atoms. The van der Waals surface area contributed by atoms with Gasteiger partial charge in [-0.3, -0.25) is 4.79 Å². The van der Waals surface area contributed by atoms with Crippen LogP contribution in [0.5, 0.6) is 0 Å². The summed E-state index contributed by atoms with van der Waals surface area (Å²) in [6.45, 7) is 2.14. The Morgan fingerprint density at radius 3 is 2.32 bits per heavy atom. The number of esters is 2. The van der Waals surface area contributed by atoms with E-state index < -0.39 is 34.5 Å². The minimum absolute atomic E-state index is 0.0900. The molecule has 12 heteroatoms. The Bertz CT molecular complexity index is 1450. The number of rotatable bonds is 9. The van der Waals surface area contributed by atoms with Gasteiger partial charge in [-0.05, 0) is 50.1 Å². The Hall–Kier alpha value is -3.25. The van der Waals surface area contributed by atoms with E-state index in [0.717, 1.165) is 24.2 Å². The van der Waals surface area contributed by atoms with Crippen molar-refractivity contribution < 1.29 is 32.3 Å². The average Bonchev–Trinajstić information content (AvgIpc) is 3.59. The predicted octanol–water partition coefficient (Wildman–Crippen LogP) is 4.83. The molecule has 3 aromatic rings. The number of thiophene rings is 1. The maximum atomic E-state index is 12.7. The van der Waals surface area contributed by atoms with Crippen LogP contribution in [0.4, 0.5) is 5.00 Å². The van der Waals surface area contributed by atoms with Crippen molar-refractivity contribution in [1.82, 2.24) is 4.31 Å². The summed E-state index contributed by atoms with van der Waals surface area (Å²) in [6.07, 6.45) is 1.64. The first-order valence-corrected chi connectivity index (χ1v) is 14.5. The number of nitrogens with zero attached hydrogens (tertiary/aromatic N) is 1. The zero-order valence-corrected chi connectivity index (χ0v) is 22.8. The molecule has 1 aliphatic heterocycles. The van der Waals surface area contributed by atoms with Crippen LogP contribution in [0.1, 0.15) is 40.5 Å². The Balaban J connectivity index is 1.42. The third kappa shape index (κ3) is 6.07. The highest BCUT2D eigenvalue weighted by Gasteiger charge is 2.27. The van der Waals surface area contributed by atoms with Crippen molar-refractivity contribution >= 4 is 55.8 Å². The molecule has 38 heavy (non-hydrogen) atoms. The molecule has 4 rings (SSSR count). The first-order valence-electron chi connectivity index (χ1n) is 11.8. The monoisotopic (exact) mass is 576 g/mol. The second-order valence-electron chi connectivity index (χ2n) is 8.31. The number of amides is 1. The van der Waals surface area contributed by atoms with Crippen LogP contribution in [0, 0.1) is 0 Å². The second-order valence-corrected chi connectivity index (χ2v) is 11.5.